The van der Waals surface area contributed by atoms with E-state index in [9.17, 15) is 5.11 Å². The number of aliphatic hydroxyl groups excluding tert-OH is 1. The molecule has 1 N–H and O–H groups in total. The molecule has 0 amide bonds. The van der Waals surface area contributed by atoms with E-state index < -0.39 is 0 Å². The average molecular weight is 398 g/mol. The van der Waals surface area contributed by atoms with Crippen LogP contribution in [0.3, 0.4) is 0 Å². The van der Waals surface area contributed by atoms with Crippen molar-refractivity contribution in [3.8, 4) is 17.2 Å². The van der Waals surface area contributed by atoms with E-state index in [1.54, 1.807) is 14.2 Å². The summed E-state index contributed by atoms with van der Waals surface area (Å²) in [6.45, 7) is 2.74. The summed E-state index contributed by atoms with van der Waals surface area (Å²) in [7, 11) is 3.37. The number of fused-ring (bicyclic) bond motifs is 1. The van der Waals surface area contributed by atoms with Crippen LogP contribution < -0.4 is 14.2 Å². The van der Waals surface area contributed by atoms with Crippen LogP contribution in [-0.2, 0) is 13.1 Å². The molecule has 0 atom stereocenters. The Balaban J connectivity index is 1.63. The van der Waals surface area contributed by atoms with Gasteiger partial charge in [-0.25, -0.2) is 0 Å². The molecule has 156 valence electrons. The largest absolute Gasteiger partial charge is 0.493 e. The molecule has 5 heteroatoms. The Labute approximate surface area is 173 Å². The number of methoxy groups -OCH3 is 2. The first kappa shape index (κ1) is 20.0. The van der Waals surface area contributed by atoms with Crippen LogP contribution in [0.2, 0.25) is 0 Å². The Bertz CT molecular complexity index is 829. The molecule has 0 radical (unpaired) electrons. The molecule has 0 aromatic heterocycles. The number of para-hydroxylation sites is 2. The van der Waals surface area contributed by atoms with Gasteiger partial charge in [-0.3, -0.25) is 4.90 Å². The monoisotopic (exact) mass is 397 g/mol. The SMILES string of the molecule is COc1cccc(CN2Cc3ccccc3OC3(CCC(CO)CC3)C2)c1OC. The summed E-state index contributed by atoms with van der Waals surface area (Å²) < 4.78 is 17.8. The van der Waals surface area contributed by atoms with Crippen LogP contribution >= 0.6 is 0 Å². The molecule has 1 heterocycles. The summed E-state index contributed by atoms with van der Waals surface area (Å²) in [5.74, 6) is 2.95. The first-order valence-electron chi connectivity index (χ1n) is 10.5. The van der Waals surface area contributed by atoms with Gasteiger partial charge in [-0.2, -0.15) is 0 Å². The maximum absolute atomic E-state index is 9.57. The minimum Gasteiger partial charge on any atom is -0.493 e. The molecular formula is C24H31NO4. The molecule has 1 aliphatic heterocycles. The van der Waals surface area contributed by atoms with Gasteiger partial charge in [-0.15, -0.1) is 0 Å². The van der Waals surface area contributed by atoms with Crippen molar-refractivity contribution < 1.29 is 19.3 Å². The lowest BCUT2D eigenvalue weighted by atomic mass is 9.78. The van der Waals surface area contributed by atoms with Crippen LogP contribution in [0.15, 0.2) is 42.5 Å². The van der Waals surface area contributed by atoms with E-state index >= 15 is 0 Å². The van der Waals surface area contributed by atoms with E-state index in [0.717, 1.165) is 68.1 Å². The highest BCUT2D eigenvalue weighted by Gasteiger charge is 2.41. The van der Waals surface area contributed by atoms with Gasteiger partial charge in [0.25, 0.3) is 0 Å². The summed E-state index contributed by atoms with van der Waals surface area (Å²) in [5, 5.41) is 9.57. The zero-order valence-corrected chi connectivity index (χ0v) is 17.4. The number of rotatable bonds is 5. The van der Waals surface area contributed by atoms with Crippen LogP contribution in [0, 0.1) is 5.92 Å². The fourth-order valence-electron chi connectivity index (χ4n) is 4.78. The predicted octanol–water partition coefficient (Wildman–Crippen LogP) is 4.02. The van der Waals surface area contributed by atoms with Gasteiger partial charge in [-0.1, -0.05) is 30.3 Å². The second-order valence-electron chi connectivity index (χ2n) is 8.32. The van der Waals surface area contributed by atoms with E-state index in [0.29, 0.717) is 5.92 Å². The van der Waals surface area contributed by atoms with Gasteiger partial charge in [0.05, 0.1) is 14.2 Å². The van der Waals surface area contributed by atoms with Crippen molar-refractivity contribution in [3.05, 3.63) is 53.6 Å². The molecule has 1 spiro atoms. The zero-order chi connectivity index (χ0) is 20.3. The summed E-state index contributed by atoms with van der Waals surface area (Å²) in [5.41, 5.74) is 2.13. The van der Waals surface area contributed by atoms with Gasteiger partial charge in [0.1, 0.15) is 11.4 Å². The van der Waals surface area contributed by atoms with Gasteiger partial charge in [0.2, 0.25) is 0 Å². The van der Waals surface area contributed by atoms with Crippen molar-refractivity contribution in [1.29, 1.82) is 0 Å². The molecule has 2 aliphatic rings. The maximum atomic E-state index is 9.57. The van der Waals surface area contributed by atoms with Crippen LogP contribution in [0.25, 0.3) is 0 Å². The van der Waals surface area contributed by atoms with Crippen LogP contribution in [-0.4, -0.2) is 43.0 Å². The van der Waals surface area contributed by atoms with Gasteiger partial charge < -0.3 is 19.3 Å². The maximum Gasteiger partial charge on any atom is 0.165 e. The molecule has 1 fully saturated rings. The number of aliphatic hydroxyl groups is 1. The molecule has 1 aliphatic carbocycles. The second kappa shape index (κ2) is 8.64. The highest BCUT2D eigenvalue weighted by molar-refractivity contribution is 5.46. The molecule has 4 rings (SSSR count). The molecule has 5 nitrogen and oxygen atoms in total. The number of ether oxygens (including phenoxy) is 3. The number of hydrogen-bond donors (Lipinski definition) is 1. The quantitative estimate of drug-likeness (QED) is 0.826. The minimum atomic E-state index is -0.204. The third kappa shape index (κ3) is 4.21. The lowest BCUT2D eigenvalue weighted by Gasteiger charge is -2.41. The molecular weight excluding hydrogens is 366 g/mol. The highest BCUT2D eigenvalue weighted by Crippen LogP contribution is 2.41. The molecule has 0 saturated heterocycles. The smallest absolute Gasteiger partial charge is 0.165 e. The first-order chi connectivity index (χ1) is 14.2. The van der Waals surface area contributed by atoms with Crippen molar-refractivity contribution in [3.63, 3.8) is 0 Å². The topological polar surface area (TPSA) is 51.2 Å². The molecule has 0 bridgehead atoms. The average Bonchev–Trinajstić information content (AvgIpc) is 2.90. The Morgan fingerprint density at radius 3 is 2.59 bits per heavy atom. The van der Waals surface area contributed by atoms with Gasteiger partial charge in [-0.05, 0) is 43.7 Å². The third-order valence-electron chi connectivity index (χ3n) is 6.36. The molecule has 0 unspecified atom stereocenters. The fraction of sp³-hybridized carbons (Fsp3) is 0.500. The standard InChI is InChI=1S/C24H31NO4/c1-27-22-9-5-7-20(23(22)28-2)15-25-14-19-6-3-4-8-21(19)29-24(17-25)12-10-18(16-26)11-13-24/h3-9,18,26H,10-17H2,1-2H3. The summed E-state index contributed by atoms with van der Waals surface area (Å²) in [4.78, 5) is 2.46. The van der Waals surface area contributed by atoms with E-state index in [2.05, 4.69) is 29.2 Å². The van der Waals surface area contributed by atoms with Gasteiger partial charge in [0, 0.05) is 37.4 Å². The number of benzene rings is 2. The third-order valence-corrected chi connectivity index (χ3v) is 6.36. The minimum absolute atomic E-state index is 0.204. The summed E-state index contributed by atoms with van der Waals surface area (Å²) >= 11 is 0. The van der Waals surface area contributed by atoms with Crippen LogP contribution in [0.4, 0.5) is 0 Å². The molecule has 2 aromatic carbocycles. The Hall–Kier alpha value is -2.24. The normalized spacial score (nSPS) is 24.4. The van der Waals surface area contributed by atoms with Crippen molar-refractivity contribution in [2.75, 3.05) is 27.4 Å². The lowest BCUT2D eigenvalue weighted by molar-refractivity contribution is -0.0155. The molecule has 2 aromatic rings. The van der Waals surface area contributed by atoms with Crippen molar-refractivity contribution >= 4 is 0 Å². The summed E-state index contributed by atoms with van der Waals surface area (Å²) in [6, 6.07) is 14.4. The Morgan fingerprint density at radius 1 is 1.07 bits per heavy atom. The summed E-state index contributed by atoms with van der Waals surface area (Å²) in [6.07, 6.45) is 3.96. The molecule has 1 saturated carbocycles. The zero-order valence-electron chi connectivity index (χ0n) is 17.4. The van der Waals surface area contributed by atoms with Crippen LogP contribution in [0.1, 0.15) is 36.8 Å². The van der Waals surface area contributed by atoms with Gasteiger partial charge in [0.15, 0.2) is 11.5 Å². The van der Waals surface area contributed by atoms with Crippen molar-refractivity contribution in [1.82, 2.24) is 4.90 Å². The number of nitrogens with zero attached hydrogens (tertiary/aromatic N) is 1. The van der Waals surface area contributed by atoms with E-state index in [4.69, 9.17) is 14.2 Å². The van der Waals surface area contributed by atoms with Crippen molar-refractivity contribution in [2.45, 2.75) is 44.4 Å². The van der Waals surface area contributed by atoms with E-state index in [1.165, 1.54) is 5.56 Å². The van der Waals surface area contributed by atoms with Gasteiger partial charge >= 0.3 is 0 Å². The van der Waals surface area contributed by atoms with E-state index in [-0.39, 0.29) is 12.2 Å². The lowest BCUT2D eigenvalue weighted by Crippen LogP contribution is -2.48. The Morgan fingerprint density at radius 2 is 1.86 bits per heavy atom. The van der Waals surface area contributed by atoms with E-state index in [1.807, 2.05) is 18.2 Å². The second-order valence-corrected chi connectivity index (χ2v) is 8.32. The van der Waals surface area contributed by atoms with Crippen LogP contribution in [0.5, 0.6) is 17.2 Å². The Kier molecular flexibility index (Phi) is 5.97. The fourth-order valence-corrected chi connectivity index (χ4v) is 4.78. The van der Waals surface area contributed by atoms with Crippen molar-refractivity contribution in [2.24, 2.45) is 5.92 Å². The highest BCUT2D eigenvalue weighted by atomic mass is 16.5. The first-order valence-corrected chi connectivity index (χ1v) is 10.5. The predicted molar refractivity (Wildman–Crippen MR) is 113 cm³/mol. The molecule has 29 heavy (non-hydrogen) atoms. The number of hydrogen-bond acceptors (Lipinski definition) is 5.